The number of hydrogen-bond acceptors (Lipinski definition) is 9. The molecule has 29 heavy (non-hydrogen) atoms. The molecule has 0 aliphatic rings. The van der Waals surface area contributed by atoms with Gasteiger partial charge in [0.1, 0.15) is 0 Å². The SMILES string of the molecule is COC(=O)c1cccc(CSc2nnc(-c3cc(OC)c(OC)c(OC)c3)o2)c1. The van der Waals surface area contributed by atoms with Crippen LogP contribution >= 0.6 is 11.8 Å². The van der Waals surface area contributed by atoms with Gasteiger partial charge in [-0.3, -0.25) is 0 Å². The van der Waals surface area contributed by atoms with Crippen molar-refractivity contribution in [2.75, 3.05) is 28.4 Å². The molecule has 0 atom stereocenters. The van der Waals surface area contributed by atoms with Crippen molar-refractivity contribution < 1.29 is 28.2 Å². The Morgan fingerprint density at radius 1 is 1.00 bits per heavy atom. The lowest BCUT2D eigenvalue weighted by Crippen LogP contribution is -2.01. The molecular weight excluding hydrogens is 396 g/mol. The fourth-order valence-electron chi connectivity index (χ4n) is 2.64. The monoisotopic (exact) mass is 416 g/mol. The first-order valence-corrected chi connectivity index (χ1v) is 9.52. The van der Waals surface area contributed by atoms with E-state index in [9.17, 15) is 4.79 Å². The van der Waals surface area contributed by atoms with Crippen molar-refractivity contribution in [2.45, 2.75) is 11.0 Å². The smallest absolute Gasteiger partial charge is 0.337 e. The summed E-state index contributed by atoms with van der Waals surface area (Å²) in [6, 6.07) is 10.7. The lowest BCUT2D eigenvalue weighted by atomic mass is 10.1. The Bertz CT molecular complexity index is 979. The van der Waals surface area contributed by atoms with E-state index < -0.39 is 0 Å². The van der Waals surface area contributed by atoms with Gasteiger partial charge in [-0.05, 0) is 29.8 Å². The van der Waals surface area contributed by atoms with Crippen molar-refractivity contribution >= 4 is 17.7 Å². The third-order valence-corrected chi connectivity index (χ3v) is 4.92. The molecule has 0 aliphatic carbocycles. The lowest BCUT2D eigenvalue weighted by molar-refractivity contribution is 0.0600. The molecule has 0 spiro atoms. The number of rotatable bonds is 8. The van der Waals surface area contributed by atoms with Gasteiger partial charge in [0.05, 0.1) is 34.0 Å². The molecule has 0 amide bonds. The number of carbonyl (C=O) groups is 1. The third kappa shape index (κ3) is 4.62. The van der Waals surface area contributed by atoms with Gasteiger partial charge in [0.15, 0.2) is 11.5 Å². The van der Waals surface area contributed by atoms with Crippen LogP contribution in [0.2, 0.25) is 0 Å². The van der Waals surface area contributed by atoms with E-state index in [-0.39, 0.29) is 5.97 Å². The van der Waals surface area contributed by atoms with Crippen LogP contribution in [0, 0.1) is 0 Å². The van der Waals surface area contributed by atoms with Gasteiger partial charge in [0, 0.05) is 11.3 Å². The Labute approximate surface area is 172 Å². The number of hydrogen-bond donors (Lipinski definition) is 0. The second kappa shape index (κ2) is 9.33. The van der Waals surface area contributed by atoms with E-state index in [1.54, 1.807) is 44.6 Å². The first kappa shape index (κ1) is 20.5. The number of methoxy groups -OCH3 is 4. The van der Waals surface area contributed by atoms with Gasteiger partial charge >= 0.3 is 5.97 Å². The summed E-state index contributed by atoms with van der Waals surface area (Å²) in [5.74, 6) is 1.98. The largest absolute Gasteiger partial charge is 0.493 e. The van der Waals surface area contributed by atoms with Crippen LogP contribution in [0.4, 0.5) is 0 Å². The van der Waals surface area contributed by atoms with Crippen molar-refractivity contribution in [3.05, 3.63) is 47.5 Å². The third-order valence-electron chi connectivity index (χ3n) is 4.03. The summed E-state index contributed by atoms with van der Waals surface area (Å²) >= 11 is 1.37. The Morgan fingerprint density at radius 3 is 2.34 bits per heavy atom. The van der Waals surface area contributed by atoms with Crippen LogP contribution in [0.5, 0.6) is 17.2 Å². The first-order valence-electron chi connectivity index (χ1n) is 8.53. The molecule has 1 aromatic heterocycles. The van der Waals surface area contributed by atoms with Gasteiger partial charge in [-0.25, -0.2) is 4.79 Å². The molecule has 0 saturated heterocycles. The molecule has 0 radical (unpaired) electrons. The van der Waals surface area contributed by atoms with Crippen LogP contribution in [0.3, 0.4) is 0 Å². The van der Waals surface area contributed by atoms with Gasteiger partial charge in [0.2, 0.25) is 11.6 Å². The molecule has 0 saturated carbocycles. The molecule has 8 nitrogen and oxygen atoms in total. The molecule has 2 aromatic carbocycles. The molecule has 3 aromatic rings. The number of nitrogens with zero attached hydrogens (tertiary/aromatic N) is 2. The molecule has 0 aliphatic heterocycles. The number of benzene rings is 2. The van der Waals surface area contributed by atoms with E-state index in [1.165, 1.54) is 26.0 Å². The minimum Gasteiger partial charge on any atom is -0.493 e. The summed E-state index contributed by atoms with van der Waals surface area (Å²) in [4.78, 5) is 11.7. The number of esters is 1. The molecule has 0 fully saturated rings. The highest BCUT2D eigenvalue weighted by atomic mass is 32.2. The number of ether oxygens (including phenoxy) is 4. The van der Waals surface area contributed by atoms with Crippen LogP contribution in [-0.2, 0) is 10.5 Å². The van der Waals surface area contributed by atoms with Crippen molar-refractivity contribution in [1.29, 1.82) is 0 Å². The predicted octanol–water partition coefficient (Wildman–Crippen LogP) is 3.84. The minimum atomic E-state index is -0.376. The maximum absolute atomic E-state index is 11.7. The van der Waals surface area contributed by atoms with Crippen molar-refractivity contribution in [2.24, 2.45) is 0 Å². The topological polar surface area (TPSA) is 92.9 Å². The minimum absolute atomic E-state index is 0.329. The number of carbonyl (C=O) groups excluding carboxylic acids is 1. The highest BCUT2D eigenvalue weighted by molar-refractivity contribution is 7.98. The fraction of sp³-hybridized carbons (Fsp3) is 0.250. The summed E-state index contributed by atoms with van der Waals surface area (Å²) < 4.78 is 26.5. The van der Waals surface area contributed by atoms with Crippen molar-refractivity contribution in [1.82, 2.24) is 10.2 Å². The summed E-state index contributed by atoms with van der Waals surface area (Å²) in [5, 5.41) is 8.58. The Hall–Kier alpha value is -3.20. The summed E-state index contributed by atoms with van der Waals surface area (Å²) in [6.45, 7) is 0. The maximum atomic E-state index is 11.7. The predicted molar refractivity (Wildman–Crippen MR) is 107 cm³/mol. The van der Waals surface area contributed by atoms with E-state index >= 15 is 0 Å². The molecule has 3 rings (SSSR count). The van der Waals surface area contributed by atoms with E-state index in [2.05, 4.69) is 10.2 Å². The van der Waals surface area contributed by atoms with Crippen molar-refractivity contribution in [3.8, 4) is 28.7 Å². The average molecular weight is 416 g/mol. The Balaban J connectivity index is 1.77. The molecule has 152 valence electrons. The van der Waals surface area contributed by atoms with Gasteiger partial charge in [0.25, 0.3) is 5.22 Å². The average Bonchev–Trinajstić information content (AvgIpc) is 3.25. The first-order chi connectivity index (χ1) is 14.1. The Kier molecular flexibility index (Phi) is 6.61. The van der Waals surface area contributed by atoms with Gasteiger partial charge < -0.3 is 23.4 Å². The maximum Gasteiger partial charge on any atom is 0.337 e. The number of aromatic nitrogens is 2. The molecule has 0 unspecified atom stereocenters. The highest BCUT2D eigenvalue weighted by Gasteiger charge is 2.18. The quantitative estimate of drug-likeness (QED) is 0.401. The summed E-state index contributed by atoms with van der Waals surface area (Å²) in [6.07, 6.45) is 0. The molecular formula is C20H20N2O6S. The van der Waals surface area contributed by atoms with E-state index in [1.807, 2.05) is 6.07 Å². The Morgan fingerprint density at radius 2 is 1.72 bits per heavy atom. The van der Waals surface area contributed by atoms with Crippen LogP contribution < -0.4 is 14.2 Å². The van der Waals surface area contributed by atoms with Gasteiger partial charge in [-0.15, -0.1) is 10.2 Å². The summed E-state index contributed by atoms with van der Waals surface area (Å²) in [7, 11) is 5.97. The van der Waals surface area contributed by atoms with Gasteiger partial charge in [-0.1, -0.05) is 23.9 Å². The van der Waals surface area contributed by atoms with E-state index in [0.717, 1.165) is 5.56 Å². The molecule has 9 heteroatoms. The zero-order valence-electron chi connectivity index (χ0n) is 16.4. The van der Waals surface area contributed by atoms with Gasteiger partial charge in [-0.2, -0.15) is 0 Å². The normalized spacial score (nSPS) is 10.5. The van der Waals surface area contributed by atoms with Crippen LogP contribution in [0.25, 0.3) is 11.5 Å². The van der Waals surface area contributed by atoms with Crippen molar-refractivity contribution in [3.63, 3.8) is 0 Å². The molecule has 0 N–H and O–H groups in total. The van der Waals surface area contributed by atoms with Crippen LogP contribution in [-0.4, -0.2) is 44.6 Å². The molecule has 0 bridgehead atoms. The highest BCUT2D eigenvalue weighted by Crippen LogP contribution is 2.41. The zero-order valence-corrected chi connectivity index (χ0v) is 17.2. The lowest BCUT2D eigenvalue weighted by Gasteiger charge is -2.12. The second-order valence-corrected chi connectivity index (χ2v) is 6.69. The number of thioether (sulfide) groups is 1. The zero-order chi connectivity index (χ0) is 20.8. The molecule has 1 heterocycles. The van der Waals surface area contributed by atoms with E-state index in [4.69, 9.17) is 23.4 Å². The second-order valence-electron chi connectivity index (χ2n) is 5.77. The van der Waals surface area contributed by atoms with Crippen LogP contribution in [0.15, 0.2) is 46.0 Å². The van der Waals surface area contributed by atoms with E-state index in [0.29, 0.717) is 45.2 Å². The standard InChI is InChI=1S/C20H20N2O6S/c1-24-15-9-14(10-16(25-2)17(15)26-3)18-21-22-20(28-18)29-11-12-6-5-7-13(8-12)19(23)27-4/h5-10H,11H2,1-4H3. The fourth-order valence-corrected chi connectivity index (χ4v) is 3.35. The summed E-state index contributed by atoms with van der Waals surface area (Å²) in [5.41, 5.74) is 2.08. The van der Waals surface area contributed by atoms with Crippen LogP contribution in [0.1, 0.15) is 15.9 Å².